The summed E-state index contributed by atoms with van der Waals surface area (Å²) in [5.74, 6) is -0.540. The number of aromatic nitrogens is 2. The fourth-order valence-electron chi connectivity index (χ4n) is 2.28. The van der Waals surface area contributed by atoms with Crippen molar-refractivity contribution in [1.29, 1.82) is 0 Å². The maximum atomic E-state index is 12.4. The van der Waals surface area contributed by atoms with Crippen LogP contribution in [0.15, 0.2) is 64.9 Å². The van der Waals surface area contributed by atoms with Gasteiger partial charge in [0.25, 0.3) is 5.91 Å². The Morgan fingerprint density at radius 2 is 1.96 bits per heavy atom. The smallest absolute Gasteiger partial charge is 0.276 e. The Kier molecular flexibility index (Phi) is 3.97. The van der Waals surface area contributed by atoms with E-state index in [0.29, 0.717) is 5.39 Å². The molecule has 3 aromatic rings. The zero-order valence-electron chi connectivity index (χ0n) is 12.4. The number of nitrogens with zero attached hydrogens (tertiary/aromatic N) is 3. The minimum atomic E-state index is -0.540. The Morgan fingerprint density at radius 3 is 2.74 bits per heavy atom. The molecule has 0 aliphatic rings. The van der Waals surface area contributed by atoms with E-state index in [2.05, 4.69) is 15.5 Å². The van der Waals surface area contributed by atoms with Gasteiger partial charge >= 0.3 is 0 Å². The van der Waals surface area contributed by atoms with Gasteiger partial charge in [-0.3, -0.25) is 14.6 Å². The van der Waals surface area contributed by atoms with Crippen molar-refractivity contribution in [2.75, 3.05) is 0 Å². The number of para-hydroxylation sites is 1. The fourth-order valence-corrected chi connectivity index (χ4v) is 2.28. The van der Waals surface area contributed by atoms with Gasteiger partial charge in [0.2, 0.25) is 5.43 Å². The Bertz CT molecular complexity index is 946. The second kappa shape index (κ2) is 6.23. The van der Waals surface area contributed by atoms with E-state index < -0.39 is 5.91 Å². The van der Waals surface area contributed by atoms with Crippen molar-refractivity contribution in [1.82, 2.24) is 15.0 Å². The second-order valence-corrected chi connectivity index (χ2v) is 4.98. The first-order chi connectivity index (χ1) is 11.2. The SMILES string of the molecule is Cn1cc(C(=O)N/N=C/c2ccncc2)c(=O)c2ccccc21. The number of hydrazone groups is 1. The molecule has 23 heavy (non-hydrogen) atoms. The molecule has 114 valence electrons. The fraction of sp³-hybridized carbons (Fsp3) is 0.0588. The van der Waals surface area contributed by atoms with Gasteiger partial charge in [-0.2, -0.15) is 5.10 Å². The Labute approximate surface area is 132 Å². The number of amides is 1. The molecule has 0 atom stereocenters. The standard InChI is InChI=1S/C17H14N4O2/c1-21-11-14(16(22)13-4-2-3-5-15(13)21)17(23)20-19-10-12-6-8-18-9-7-12/h2-11H,1H3,(H,20,23)/b19-10+. The van der Waals surface area contributed by atoms with Crippen LogP contribution in [0.3, 0.4) is 0 Å². The lowest BCUT2D eigenvalue weighted by Gasteiger charge is -2.07. The van der Waals surface area contributed by atoms with E-state index in [1.807, 2.05) is 12.1 Å². The van der Waals surface area contributed by atoms with Crippen LogP contribution in [-0.4, -0.2) is 21.7 Å². The molecule has 1 N–H and O–H groups in total. The van der Waals surface area contributed by atoms with E-state index in [1.54, 1.807) is 48.3 Å². The highest BCUT2D eigenvalue weighted by Crippen LogP contribution is 2.10. The third kappa shape index (κ3) is 3.01. The molecular formula is C17H14N4O2. The number of pyridine rings is 2. The molecule has 6 nitrogen and oxygen atoms in total. The van der Waals surface area contributed by atoms with Crippen molar-refractivity contribution in [2.45, 2.75) is 0 Å². The third-order valence-electron chi connectivity index (χ3n) is 3.43. The number of benzene rings is 1. The summed E-state index contributed by atoms with van der Waals surface area (Å²) in [6, 6.07) is 10.7. The normalized spacial score (nSPS) is 11.0. The van der Waals surface area contributed by atoms with Gasteiger partial charge in [-0.25, -0.2) is 5.43 Å². The summed E-state index contributed by atoms with van der Waals surface area (Å²) in [7, 11) is 1.79. The molecular weight excluding hydrogens is 292 g/mol. The van der Waals surface area contributed by atoms with Gasteiger partial charge in [-0.1, -0.05) is 12.1 Å². The monoisotopic (exact) mass is 306 g/mol. The van der Waals surface area contributed by atoms with Crippen molar-refractivity contribution in [3.05, 3.63) is 76.3 Å². The van der Waals surface area contributed by atoms with Crippen LogP contribution in [0.4, 0.5) is 0 Å². The number of fused-ring (bicyclic) bond motifs is 1. The Morgan fingerprint density at radius 1 is 1.22 bits per heavy atom. The Hall–Kier alpha value is -3.28. The van der Waals surface area contributed by atoms with Crippen LogP contribution in [0.5, 0.6) is 0 Å². The van der Waals surface area contributed by atoms with Crippen molar-refractivity contribution >= 4 is 23.0 Å². The average molecular weight is 306 g/mol. The lowest BCUT2D eigenvalue weighted by Crippen LogP contribution is -2.26. The van der Waals surface area contributed by atoms with E-state index in [-0.39, 0.29) is 11.0 Å². The number of hydrogen-bond donors (Lipinski definition) is 1. The van der Waals surface area contributed by atoms with Gasteiger partial charge in [-0.15, -0.1) is 0 Å². The minimum Gasteiger partial charge on any atom is -0.350 e. The first-order valence-electron chi connectivity index (χ1n) is 6.98. The molecule has 1 amide bonds. The van der Waals surface area contributed by atoms with Crippen LogP contribution in [0, 0.1) is 0 Å². The van der Waals surface area contributed by atoms with Crippen molar-refractivity contribution in [3.63, 3.8) is 0 Å². The molecule has 0 aliphatic heterocycles. The topological polar surface area (TPSA) is 76.3 Å². The summed E-state index contributed by atoms with van der Waals surface area (Å²) in [5, 5.41) is 4.37. The summed E-state index contributed by atoms with van der Waals surface area (Å²) < 4.78 is 1.75. The first-order valence-corrected chi connectivity index (χ1v) is 6.98. The molecule has 0 aliphatic carbocycles. The number of rotatable bonds is 3. The van der Waals surface area contributed by atoms with E-state index in [4.69, 9.17) is 0 Å². The average Bonchev–Trinajstić information content (AvgIpc) is 2.59. The highest BCUT2D eigenvalue weighted by Gasteiger charge is 2.13. The van der Waals surface area contributed by atoms with Crippen LogP contribution in [0.2, 0.25) is 0 Å². The molecule has 2 heterocycles. The summed E-state index contributed by atoms with van der Waals surface area (Å²) in [4.78, 5) is 28.5. The maximum absolute atomic E-state index is 12.4. The zero-order valence-corrected chi connectivity index (χ0v) is 12.4. The van der Waals surface area contributed by atoms with Crippen LogP contribution in [0.25, 0.3) is 10.9 Å². The summed E-state index contributed by atoms with van der Waals surface area (Å²) in [6.07, 6.45) is 6.26. The van der Waals surface area contributed by atoms with Gasteiger partial charge in [0.1, 0.15) is 5.56 Å². The third-order valence-corrected chi connectivity index (χ3v) is 3.43. The molecule has 2 aromatic heterocycles. The van der Waals surface area contributed by atoms with Crippen LogP contribution in [-0.2, 0) is 7.05 Å². The molecule has 3 rings (SSSR count). The number of carbonyl (C=O) groups excluding carboxylic acids is 1. The first kappa shape index (κ1) is 14.6. The van der Waals surface area contributed by atoms with Gasteiger partial charge < -0.3 is 4.57 Å². The predicted octanol–water partition coefficient (Wildman–Crippen LogP) is 1.70. The number of aryl methyl sites for hydroxylation is 1. The van der Waals surface area contributed by atoms with E-state index in [1.165, 1.54) is 12.4 Å². The van der Waals surface area contributed by atoms with Crippen molar-refractivity contribution in [2.24, 2.45) is 12.1 Å². The summed E-state index contributed by atoms with van der Waals surface area (Å²) in [5.41, 5.74) is 3.69. The molecule has 0 saturated heterocycles. The molecule has 0 radical (unpaired) electrons. The van der Waals surface area contributed by atoms with Gasteiger partial charge in [0.05, 0.1) is 11.7 Å². The summed E-state index contributed by atoms with van der Waals surface area (Å²) in [6.45, 7) is 0. The van der Waals surface area contributed by atoms with Gasteiger partial charge in [0.15, 0.2) is 0 Å². The molecule has 0 spiro atoms. The lowest BCUT2D eigenvalue weighted by atomic mass is 10.1. The van der Waals surface area contributed by atoms with E-state index >= 15 is 0 Å². The van der Waals surface area contributed by atoms with E-state index in [0.717, 1.165) is 11.1 Å². The largest absolute Gasteiger partial charge is 0.350 e. The van der Waals surface area contributed by atoms with Crippen LogP contribution < -0.4 is 10.9 Å². The maximum Gasteiger partial charge on any atom is 0.276 e. The van der Waals surface area contributed by atoms with E-state index in [9.17, 15) is 9.59 Å². The highest BCUT2D eigenvalue weighted by molar-refractivity contribution is 5.97. The molecule has 0 saturated carbocycles. The Balaban J connectivity index is 1.88. The molecule has 0 fully saturated rings. The molecule has 1 aromatic carbocycles. The van der Waals surface area contributed by atoms with Gasteiger partial charge in [-0.05, 0) is 29.8 Å². The zero-order chi connectivity index (χ0) is 16.2. The second-order valence-electron chi connectivity index (χ2n) is 4.98. The number of carbonyl (C=O) groups is 1. The van der Waals surface area contributed by atoms with Crippen LogP contribution in [0.1, 0.15) is 15.9 Å². The quantitative estimate of drug-likeness (QED) is 0.591. The van der Waals surface area contributed by atoms with Crippen molar-refractivity contribution < 1.29 is 4.79 Å². The number of nitrogens with one attached hydrogen (secondary N) is 1. The minimum absolute atomic E-state index is 0.0538. The highest BCUT2D eigenvalue weighted by atomic mass is 16.2. The predicted molar refractivity (Wildman–Crippen MR) is 88.5 cm³/mol. The van der Waals surface area contributed by atoms with Gasteiger partial charge in [0, 0.05) is 31.0 Å². The molecule has 6 heteroatoms. The lowest BCUT2D eigenvalue weighted by molar-refractivity contribution is 0.0953. The van der Waals surface area contributed by atoms with Crippen molar-refractivity contribution in [3.8, 4) is 0 Å². The molecule has 0 unspecified atom stereocenters. The molecule has 0 bridgehead atoms. The summed E-state index contributed by atoms with van der Waals surface area (Å²) >= 11 is 0. The van der Waals surface area contributed by atoms with Crippen LogP contribution >= 0.6 is 0 Å². The number of hydrogen-bond acceptors (Lipinski definition) is 4.